The Hall–Kier alpha value is -3.44. The molecule has 0 unspecified atom stereocenters. The van der Waals surface area contributed by atoms with Crippen LogP contribution in [0.2, 0.25) is 0 Å². The first-order chi connectivity index (χ1) is 18.6. The van der Waals surface area contributed by atoms with E-state index in [9.17, 15) is 0 Å². The van der Waals surface area contributed by atoms with Gasteiger partial charge in [0.2, 0.25) is 0 Å². The minimum Gasteiger partial charge on any atom is -0.573 e. The van der Waals surface area contributed by atoms with Crippen molar-refractivity contribution >= 4 is 0 Å². The van der Waals surface area contributed by atoms with Crippen LogP contribution >= 0.6 is 0 Å². The number of aromatic nitrogens is 7. The molecule has 4 aromatic heterocycles. The van der Waals surface area contributed by atoms with Crippen LogP contribution in [0.15, 0.2) is 73.2 Å². The third kappa shape index (κ3) is 7.82. The van der Waals surface area contributed by atoms with Crippen LogP contribution in [0.4, 0.5) is 0 Å². The zero-order chi connectivity index (χ0) is 28.0. The first-order valence-electron chi connectivity index (χ1n) is 13.5. The summed E-state index contributed by atoms with van der Waals surface area (Å²) in [6, 6.07) is 17.9. The van der Waals surface area contributed by atoms with Crippen molar-refractivity contribution < 1.29 is 21.1 Å². The van der Waals surface area contributed by atoms with Crippen molar-refractivity contribution in [3.63, 3.8) is 0 Å². The number of nitrogens with zero attached hydrogens (tertiary/aromatic N) is 7. The van der Waals surface area contributed by atoms with E-state index in [2.05, 4.69) is 91.0 Å². The molecule has 210 valence electrons. The third-order valence-corrected chi connectivity index (χ3v) is 6.30. The van der Waals surface area contributed by atoms with Crippen molar-refractivity contribution in [3.05, 3.63) is 90.0 Å². The molecule has 0 bridgehead atoms. The maximum absolute atomic E-state index is 4.74. The van der Waals surface area contributed by atoms with Gasteiger partial charge in [-0.25, -0.2) is 9.97 Å². The second kappa shape index (κ2) is 13.8. The molecule has 0 N–H and O–H groups in total. The maximum Gasteiger partial charge on any atom is 2.00 e. The van der Waals surface area contributed by atoms with Gasteiger partial charge >= 0.3 is 21.1 Å². The van der Waals surface area contributed by atoms with E-state index in [-0.39, 0.29) is 26.5 Å². The number of hydrogen-bond acceptors (Lipinski definition) is 5. The average molecular weight is 715 g/mol. The molecule has 5 aromatic rings. The van der Waals surface area contributed by atoms with Crippen molar-refractivity contribution in [3.8, 4) is 34.2 Å². The van der Waals surface area contributed by atoms with Gasteiger partial charge in [-0.05, 0) is 64.6 Å². The Labute approximate surface area is 252 Å². The fourth-order valence-electron chi connectivity index (χ4n) is 4.31. The fraction of sp³-hybridized carbons (Fsp3) is 0.344. The summed E-state index contributed by atoms with van der Waals surface area (Å²) in [6.45, 7) is 15.3. The Morgan fingerprint density at radius 2 is 1.50 bits per heavy atom. The van der Waals surface area contributed by atoms with Crippen LogP contribution in [-0.4, -0.2) is 25.1 Å². The van der Waals surface area contributed by atoms with Gasteiger partial charge in [-0.2, -0.15) is 0 Å². The molecule has 0 spiro atoms. The second-order valence-corrected chi connectivity index (χ2v) is 11.4. The number of hydrogen-bond donors (Lipinski definition) is 0. The SMILES string of the molecule is CC(C)(C)c1ccncc1.CC(C)Cc1n[n-]c(-c2ccnc(-c3cc(-c4ccccc4)n[n-]3)n2)c1C(C)C.[Pt+2]. The standard InChI is InChI=1S/C23H24N6.C9H13N.Pt/c1-14(2)12-19-21(15(3)4)22(29-27-19)17-10-11-24-23(25-17)20-13-18(26-28-20)16-8-6-5-7-9-16;1-9(2,3)8-4-6-10-7-5-8;/h5-11,13-15H,12H2,1-4H3;4-7H,1-3H3;/q-2;;+2. The number of rotatable bonds is 6. The van der Waals surface area contributed by atoms with Gasteiger partial charge in [-0.3, -0.25) is 4.98 Å². The predicted octanol–water partition coefficient (Wildman–Crippen LogP) is 6.88. The van der Waals surface area contributed by atoms with Crippen LogP contribution in [0.25, 0.3) is 34.2 Å². The molecule has 0 aliphatic rings. The Bertz CT molecular complexity index is 1470. The summed E-state index contributed by atoms with van der Waals surface area (Å²) in [5, 5.41) is 17.5. The molecule has 0 saturated heterocycles. The van der Waals surface area contributed by atoms with E-state index in [0.717, 1.165) is 34.8 Å². The molecule has 0 radical (unpaired) electrons. The normalized spacial score (nSPS) is 11.2. The van der Waals surface area contributed by atoms with Gasteiger partial charge in [-0.1, -0.05) is 90.2 Å². The summed E-state index contributed by atoms with van der Waals surface area (Å²) in [5.74, 6) is 1.38. The van der Waals surface area contributed by atoms with Crippen LogP contribution in [-0.2, 0) is 32.9 Å². The minimum atomic E-state index is 0. The Kier molecular flexibility index (Phi) is 10.7. The maximum atomic E-state index is 4.74. The van der Waals surface area contributed by atoms with E-state index in [1.165, 1.54) is 11.1 Å². The topological polar surface area (TPSA) is 92.6 Å². The summed E-state index contributed by atoms with van der Waals surface area (Å²) in [5.41, 5.74) is 7.90. The van der Waals surface area contributed by atoms with Crippen molar-refractivity contribution in [2.45, 2.75) is 66.2 Å². The van der Waals surface area contributed by atoms with Gasteiger partial charge in [0.25, 0.3) is 0 Å². The molecule has 8 heteroatoms. The zero-order valence-corrected chi connectivity index (χ0v) is 26.5. The molecule has 7 nitrogen and oxygen atoms in total. The molecule has 0 fully saturated rings. The molecule has 0 aliphatic heterocycles. The first-order valence-corrected chi connectivity index (χ1v) is 13.5. The first kappa shape index (κ1) is 31.1. The Morgan fingerprint density at radius 1 is 0.800 bits per heavy atom. The van der Waals surface area contributed by atoms with Gasteiger partial charge in [0.05, 0.1) is 5.69 Å². The van der Waals surface area contributed by atoms with Crippen LogP contribution in [0.1, 0.15) is 71.2 Å². The number of pyridine rings is 1. The van der Waals surface area contributed by atoms with Crippen LogP contribution in [0, 0.1) is 5.92 Å². The van der Waals surface area contributed by atoms with E-state index in [1.807, 2.05) is 54.9 Å². The smallest absolute Gasteiger partial charge is 0.573 e. The van der Waals surface area contributed by atoms with E-state index in [0.29, 0.717) is 23.4 Å². The minimum absolute atomic E-state index is 0. The van der Waals surface area contributed by atoms with Crippen molar-refractivity contribution in [2.24, 2.45) is 5.92 Å². The van der Waals surface area contributed by atoms with Crippen LogP contribution in [0.3, 0.4) is 0 Å². The van der Waals surface area contributed by atoms with Crippen molar-refractivity contribution in [2.75, 3.05) is 0 Å². The molecular weight excluding hydrogens is 677 g/mol. The van der Waals surface area contributed by atoms with Crippen molar-refractivity contribution in [1.29, 1.82) is 0 Å². The molecular formula is C32H37N7Pt. The van der Waals surface area contributed by atoms with E-state index < -0.39 is 0 Å². The summed E-state index contributed by atoms with van der Waals surface area (Å²) >= 11 is 0. The van der Waals surface area contributed by atoms with E-state index in [1.54, 1.807) is 6.20 Å². The predicted molar refractivity (Wildman–Crippen MR) is 156 cm³/mol. The monoisotopic (exact) mass is 714 g/mol. The molecule has 40 heavy (non-hydrogen) atoms. The van der Waals surface area contributed by atoms with Gasteiger partial charge in [0.15, 0.2) is 0 Å². The summed E-state index contributed by atoms with van der Waals surface area (Å²) in [6.07, 6.45) is 6.32. The van der Waals surface area contributed by atoms with Crippen LogP contribution in [0.5, 0.6) is 0 Å². The van der Waals surface area contributed by atoms with Gasteiger partial charge < -0.3 is 20.4 Å². The van der Waals surface area contributed by atoms with E-state index >= 15 is 0 Å². The Morgan fingerprint density at radius 3 is 2.10 bits per heavy atom. The summed E-state index contributed by atoms with van der Waals surface area (Å²) in [7, 11) is 0. The van der Waals surface area contributed by atoms with Gasteiger partial charge in [0.1, 0.15) is 5.82 Å². The molecule has 1 aromatic carbocycles. The molecule has 0 amide bonds. The molecule has 0 saturated carbocycles. The largest absolute Gasteiger partial charge is 2.00 e. The molecule has 4 heterocycles. The van der Waals surface area contributed by atoms with E-state index in [4.69, 9.17) is 4.98 Å². The van der Waals surface area contributed by atoms with Gasteiger partial charge in [0, 0.05) is 30.0 Å². The molecule has 0 aliphatic carbocycles. The summed E-state index contributed by atoms with van der Waals surface area (Å²) in [4.78, 5) is 13.1. The number of benzene rings is 1. The summed E-state index contributed by atoms with van der Waals surface area (Å²) < 4.78 is 0. The third-order valence-electron chi connectivity index (χ3n) is 6.30. The second-order valence-electron chi connectivity index (χ2n) is 11.4. The van der Waals surface area contributed by atoms with Crippen LogP contribution < -0.4 is 10.2 Å². The van der Waals surface area contributed by atoms with Crippen molar-refractivity contribution in [1.82, 2.24) is 35.3 Å². The molecule has 5 rings (SSSR count). The average Bonchev–Trinajstić information content (AvgIpc) is 3.57. The fourth-order valence-corrected chi connectivity index (χ4v) is 4.31. The Balaban J connectivity index is 0.000000340. The molecule has 0 atom stereocenters. The zero-order valence-electron chi connectivity index (χ0n) is 24.2. The quantitative estimate of drug-likeness (QED) is 0.189. The van der Waals surface area contributed by atoms with Gasteiger partial charge in [-0.15, -0.1) is 0 Å².